The zero-order valence-corrected chi connectivity index (χ0v) is 11.9. The van der Waals surface area contributed by atoms with E-state index in [1.807, 2.05) is 24.3 Å². The number of benzene rings is 1. The lowest BCUT2D eigenvalue weighted by atomic mass is 10.0. The molecule has 2 rings (SSSR count). The van der Waals surface area contributed by atoms with Gasteiger partial charge in [0.25, 0.3) is 5.91 Å². The van der Waals surface area contributed by atoms with E-state index >= 15 is 0 Å². The number of rotatable bonds is 4. The van der Waals surface area contributed by atoms with Crippen LogP contribution in [0.15, 0.2) is 52.2 Å². The number of hydrazone groups is 1. The molecular weight excluding hydrogens is 252 g/mol. The molecule has 0 saturated carbocycles. The molecule has 0 saturated heterocycles. The van der Waals surface area contributed by atoms with Gasteiger partial charge >= 0.3 is 0 Å². The fraction of sp³-hybridized carbons (Fsp3) is 0.250. The summed E-state index contributed by atoms with van der Waals surface area (Å²) in [7, 11) is 0. The van der Waals surface area contributed by atoms with Crippen LogP contribution in [-0.2, 0) is 0 Å². The van der Waals surface area contributed by atoms with Crippen LogP contribution in [0, 0.1) is 0 Å². The average Bonchev–Trinajstić information content (AvgIpc) is 2.98. The molecule has 0 radical (unpaired) electrons. The fourth-order valence-corrected chi connectivity index (χ4v) is 1.76. The number of nitrogens with one attached hydrogen (secondary N) is 1. The molecule has 0 bridgehead atoms. The minimum absolute atomic E-state index is 0.230. The van der Waals surface area contributed by atoms with Gasteiger partial charge in [0.05, 0.1) is 6.26 Å². The Kier molecular flexibility index (Phi) is 4.35. The maximum atomic E-state index is 12.0. The quantitative estimate of drug-likeness (QED) is 0.682. The molecule has 104 valence electrons. The van der Waals surface area contributed by atoms with Crippen molar-refractivity contribution in [2.24, 2.45) is 5.10 Å². The lowest BCUT2D eigenvalue weighted by Gasteiger charge is -2.06. The van der Waals surface area contributed by atoms with Gasteiger partial charge in [-0.1, -0.05) is 26.0 Å². The number of hydrogen-bond donors (Lipinski definition) is 1. The smallest absolute Gasteiger partial charge is 0.271 e. The Labute approximate surface area is 118 Å². The van der Waals surface area contributed by atoms with Crippen molar-refractivity contribution in [3.63, 3.8) is 0 Å². The summed E-state index contributed by atoms with van der Waals surface area (Å²) in [4.78, 5) is 12.0. The maximum absolute atomic E-state index is 12.0. The van der Waals surface area contributed by atoms with Gasteiger partial charge in [0, 0.05) is 5.56 Å². The van der Waals surface area contributed by atoms with Crippen molar-refractivity contribution in [1.82, 2.24) is 5.43 Å². The normalized spacial score (nSPS) is 11.7. The van der Waals surface area contributed by atoms with Crippen LogP contribution in [-0.4, -0.2) is 11.6 Å². The van der Waals surface area contributed by atoms with Crippen LogP contribution in [0.5, 0.6) is 0 Å². The van der Waals surface area contributed by atoms with Crippen LogP contribution >= 0.6 is 0 Å². The van der Waals surface area contributed by atoms with Gasteiger partial charge in [0.1, 0.15) is 11.5 Å². The standard InChI is InChI=1S/C16H18N2O2/c1-11(2)13-6-8-14(9-7-13)16(19)18-17-12(3)15-5-4-10-20-15/h4-11H,1-3H3,(H,18,19). The second kappa shape index (κ2) is 6.19. The van der Waals surface area contributed by atoms with Crippen molar-refractivity contribution in [3.8, 4) is 0 Å². The van der Waals surface area contributed by atoms with Crippen LogP contribution in [0.2, 0.25) is 0 Å². The van der Waals surface area contributed by atoms with Crippen molar-refractivity contribution in [1.29, 1.82) is 0 Å². The first-order chi connectivity index (χ1) is 9.58. The molecule has 0 spiro atoms. The molecule has 2 aromatic rings. The molecule has 1 aromatic carbocycles. The first-order valence-corrected chi connectivity index (χ1v) is 6.56. The van der Waals surface area contributed by atoms with E-state index in [0.29, 0.717) is 23.0 Å². The van der Waals surface area contributed by atoms with E-state index in [1.165, 1.54) is 5.56 Å². The van der Waals surface area contributed by atoms with Crippen LogP contribution in [0.25, 0.3) is 0 Å². The highest BCUT2D eigenvalue weighted by Crippen LogP contribution is 2.14. The number of carbonyl (C=O) groups is 1. The number of nitrogens with zero attached hydrogens (tertiary/aromatic N) is 1. The Hall–Kier alpha value is -2.36. The van der Waals surface area contributed by atoms with Gasteiger partial charge in [-0.15, -0.1) is 0 Å². The second-order valence-corrected chi connectivity index (χ2v) is 4.89. The van der Waals surface area contributed by atoms with Gasteiger partial charge in [-0.3, -0.25) is 4.79 Å². The lowest BCUT2D eigenvalue weighted by Crippen LogP contribution is -2.19. The topological polar surface area (TPSA) is 54.6 Å². The van der Waals surface area contributed by atoms with Gasteiger partial charge in [-0.05, 0) is 42.7 Å². The lowest BCUT2D eigenvalue weighted by molar-refractivity contribution is 0.0955. The third kappa shape index (κ3) is 3.35. The summed E-state index contributed by atoms with van der Waals surface area (Å²) >= 11 is 0. The van der Waals surface area contributed by atoms with E-state index in [1.54, 1.807) is 25.3 Å². The molecule has 0 aliphatic heterocycles. The van der Waals surface area contributed by atoms with Crippen molar-refractivity contribution in [2.75, 3.05) is 0 Å². The molecule has 4 heteroatoms. The van der Waals surface area contributed by atoms with Crippen LogP contribution in [0.4, 0.5) is 0 Å². The van der Waals surface area contributed by atoms with Crippen molar-refractivity contribution < 1.29 is 9.21 Å². The Morgan fingerprint density at radius 2 is 1.90 bits per heavy atom. The summed E-state index contributed by atoms with van der Waals surface area (Å²) in [6.45, 7) is 6.01. The fourth-order valence-electron chi connectivity index (χ4n) is 1.76. The molecule has 4 nitrogen and oxygen atoms in total. The first kappa shape index (κ1) is 14.1. The van der Waals surface area contributed by atoms with Crippen LogP contribution < -0.4 is 5.43 Å². The van der Waals surface area contributed by atoms with E-state index in [9.17, 15) is 4.79 Å². The summed E-state index contributed by atoms with van der Waals surface area (Å²) in [6, 6.07) is 11.1. The molecule has 0 aliphatic carbocycles. The zero-order valence-electron chi connectivity index (χ0n) is 11.9. The Morgan fingerprint density at radius 3 is 2.45 bits per heavy atom. The van der Waals surface area contributed by atoms with Crippen molar-refractivity contribution >= 4 is 11.6 Å². The van der Waals surface area contributed by atoms with Gasteiger partial charge in [0.2, 0.25) is 0 Å². The predicted molar refractivity (Wildman–Crippen MR) is 78.9 cm³/mol. The zero-order chi connectivity index (χ0) is 14.5. The number of furan rings is 1. The molecule has 1 N–H and O–H groups in total. The van der Waals surface area contributed by atoms with E-state index in [-0.39, 0.29) is 5.91 Å². The molecule has 1 amide bonds. The Morgan fingerprint density at radius 1 is 1.20 bits per heavy atom. The molecule has 0 fully saturated rings. The van der Waals surface area contributed by atoms with E-state index in [0.717, 1.165) is 0 Å². The summed E-state index contributed by atoms with van der Waals surface area (Å²) in [5.41, 5.74) is 4.95. The molecule has 0 unspecified atom stereocenters. The Bertz CT molecular complexity index is 596. The van der Waals surface area contributed by atoms with Gasteiger partial charge in [0.15, 0.2) is 0 Å². The molecule has 0 aliphatic rings. The minimum atomic E-state index is -0.230. The predicted octanol–water partition coefficient (Wildman–Crippen LogP) is 3.56. The summed E-state index contributed by atoms with van der Waals surface area (Å²) < 4.78 is 5.19. The largest absolute Gasteiger partial charge is 0.463 e. The van der Waals surface area contributed by atoms with Crippen molar-refractivity contribution in [3.05, 3.63) is 59.5 Å². The third-order valence-electron chi connectivity index (χ3n) is 3.04. The Balaban J connectivity index is 2.03. The highest BCUT2D eigenvalue weighted by Gasteiger charge is 2.06. The van der Waals surface area contributed by atoms with Crippen LogP contribution in [0.3, 0.4) is 0 Å². The van der Waals surface area contributed by atoms with E-state index < -0.39 is 0 Å². The summed E-state index contributed by atoms with van der Waals surface area (Å²) in [5.74, 6) is 0.859. The van der Waals surface area contributed by atoms with E-state index in [4.69, 9.17) is 4.42 Å². The monoisotopic (exact) mass is 270 g/mol. The highest BCUT2D eigenvalue weighted by atomic mass is 16.3. The molecule has 0 atom stereocenters. The molecule has 1 heterocycles. The van der Waals surface area contributed by atoms with Gasteiger partial charge in [-0.2, -0.15) is 5.10 Å². The maximum Gasteiger partial charge on any atom is 0.271 e. The summed E-state index contributed by atoms with van der Waals surface area (Å²) in [5, 5.41) is 4.02. The molecular formula is C16H18N2O2. The second-order valence-electron chi connectivity index (χ2n) is 4.89. The third-order valence-corrected chi connectivity index (χ3v) is 3.04. The number of carbonyl (C=O) groups excluding carboxylic acids is 1. The minimum Gasteiger partial charge on any atom is -0.463 e. The highest BCUT2D eigenvalue weighted by molar-refractivity contribution is 5.99. The number of amides is 1. The van der Waals surface area contributed by atoms with Crippen LogP contribution in [0.1, 0.15) is 48.4 Å². The van der Waals surface area contributed by atoms with Crippen molar-refractivity contribution in [2.45, 2.75) is 26.7 Å². The van der Waals surface area contributed by atoms with E-state index in [2.05, 4.69) is 24.4 Å². The van der Waals surface area contributed by atoms with Gasteiger partial charge in [-0.25, -0.2) is 5.43 Å². The average molecular weight is 270 g/mol. The SMILES string of the molecule is CC(=NNC(=O)c1ccc(C(C)C)cc1)c1ccco1. The molecule has 20 heavy (non-hydrogen) atoms. The first-order valence-electron chi connectivity index (χ1n) is 6.56. The molecule has 1 aromatic heterocycles. The number of hydrogen-bond acceptors (Lipinski definition) is 3. The summed E-state index contributed by atoms with van der Waals surface area (Å²) in [6.07, 6.45) is 1.57. The van der Waals surface area contributed by atoms with Gasteiger partial charge < -0.3 is 4.42 Å².